The average molecular weight is 301 g/mol. The molecule has 112 valence electrons. The number of para-hydroxylation sites is 1. The van der Waals surface area contributed by atoms with Crippen molar-refractivity contribution in [2.75, 3.05) is 0 Å². The standard InChI is InChI=1S/C19H15N3O/c1-14-17-13-21(23)18(15-8-4-2-5-9-15)12-19(17)22(20-14)16-10-6-3-7-11-16/h2-13H,1H3. The van der Waals surface area contributed by atoms with Gasteiger partial charge in [0.05, 0.1) is 22.3 Å². The Balaban J connectivity index is 2.00. The van der Waals surface area contributed by atoms with E-state index in [4.69, 9.17) is 0 Å². The fraction of sp³-hybridized carbons (Fsp3) is 0.0526. The SMILES string of the molecule is Cc1nn(-c2ccccc2)c2cc(-c3ccccc3)[n+]([O-])cc12. The molecule has 0 aliphatic rings. The molecular weight excluding hydrogens is 286 g/mol. The zero-order chi connectivity index (χ0) is 15.8. The molecule has 23 heavy (non-hydrogen) atoms. The van der Waals surface area contributed by atoms with Crippen LogP contribution >= 0.6 is 0 Å². The van der Waals surface area contributed by atoms with E-state index < -0.39 is 0 Å². The summed E-state index contributed by atoms with van der Waals surface area (Å²) in [6.07, 6.45) is 1.61. The van der Waals surface area contributed by atoms with E-state index in [2.05, 4.69) is 5.10 Å². The molecule has 0 saturated carbocycles. The number of aromatic nitrogens is 3. The van der Waals surface area contributed by atoms with Gasteiger partial charge in [-0.05, 0) is 31.2 Å². The molecule has 4 nitrogen and oxygen atoms in total. The van der Waals surface area contributed by atoms with Gasteiger partial charge in [-0.25, -0.2) is 4.68 Å². The van der Waals surface area contributed by atoms with Gasteiger partial charge in [-0.1, -0.05) is 36.4 Å². The van der Waals surface area contributed by atoms with Gasteiger partial charge in [-0.2, -0.15) is 9.83 Å². The molecule has 0 aliphatic heterocycles. The summed E-state index contributed by atoms with van der Waals surface area (Å²) in [4.78, 5) is 0. The molecule has 2 aromatic carbocycles. The Labute approximate surface area is 133 Å². The van der Waals surface area contributed by atoms with Crippen LogP contribution in [0.25, 0.3) is 27.8 Å². The van der Waals surface area contributed by atoms with E-state index in [0.29, 0.717) is 5.69 Å². The first-order chi connectivity index (χ1) is 11.2. The van der Waals surface area contributed by atoms with E-state index >= 15 is 0 Å². The van der Waals surface area contributed by atoms with Crippen LogP contribution in [0, 0.1) is 12.1 Å². The molecule has 4 heteroatoms. The minimum atomic E-state index is 0.621. The second-order valence-corrected chi connectivity index (χ2v) is 5.48. The molecule has 0 spiro atoms. The lowest BCUT2D eigenvalue weighted by atomic mass is 10.1. The van der Waals surface area contributed by atoms with Crippen LogP contribution in [0.2, 0.25) is 0 Å². The van der Waals surface area contributed by atoms with Gasteiger partial charge in [-0.15, -0.1) is 0 Å². The molecule has 0 aliphatic carbocycles. The Morgan fingerprint density at radius 3 is 2.30 bits per heavy atom. The van der Waals surface area contributed by atoms with Crippen molar-refractivity contribution < 1.29 is 4.73 Å². The van der Waals surface area contributed by atoms with Crippen molar-refractivity contribution in [3.05, 3.63) is 83.8 Å². The normalized spacial score (nSPS) is 11.0. The zero-order valence-electron chi connectivity index (χ0n) is 12.7. The maximum atomic E-state index is 12.4. The molecule has 0 unspecified atom stereocenters. The summed E-state index contributed by atoms with van der Waals surface area (Å²) in [7, 11) is 0. The molecule has 0 amide bonds. The summed E-state index contributed by atoms with van der Waals surface area (Å²) in [5, 5.41) is 17.9. The molecular formula is C19H15N3O. The van der Waals surface area contributed by atoms with Crippen LogP contribution < -0.4 is 4.73 Å². The fourth-order valence-electron chi connectivity index (χ4n) is 2.82. The van der Waals surface area contributed by atoms with E-state index in [1.165, 1.54) is 0 Å². The van der Waals surface area contributed by atoms with Gasteiger partial charge < -0.3 is 5.21 Å². The summed E-state index contributed by atoms with van der Waals surface area (Å²) in [6.45, 7) is 1.92. The quantitative estimate of drug-likeness (QED) is 0.419. The fourth-order valence-corrected chi connectivity index (χ4v) is 2.82. The second kappa shape index (κ2) is 5.25. The molecule has 0 bridgehead atoms. The molecule has 2 aromatic heterocycles. The van der Waals surface area contributed by atoms with Crippen LogP contribution in [-0.4, -0.2) is 9.78 Å². The van der Waals surface area contributed by atoms with E-state index in [0.717, 1.165) is 32.6 Å². The zero-order valence-corrected chi connectivity index (χ0v) is 12.7. The Morgan fingerprint density at radius 2 is 1.61 bits per heavy atom. The number of hydrogen-bond donors (Lipinski definition) is 0. The number of benzene rings is 2. The van der Waals surface area contributed by atoms with Crippen molar-refractivity contribution in [1.82, 2.24) is 9.78 Å². The topological polar surface area (TPSA) is 44.8 Å². The lowest BCUT2D eigenvalue weighted by Gasteiger charge is -2.07. The van der Waals surface area contributed by atoms with Crippen LogP contribution in [0.15, 0.2) is 72.9 Å². The minimum Gasteiger partial charge on any atom is -0.618 e. The Bertz CT molecular complexity index is 976. The highest BCUT2D eigenvalue weighted by atomic mass is 16.5. The van der Waals surface area contributed by atoms with E-state index in [9.17, 15) is 5.21 Å². The number of pyridine rings is 1. The first kappa shape index (κ1) is 13.5. The predicted molar refractivity (Wildman–Crippen MR) is 90.2 cm³/mol. The van der Waals surface area contributed by atoms with Crippen LogP contribution in [0.5, 0.6) is 0 Å². The van der Waals surface area contributed by atoms with Crippen LogP contribution in [-0.2, 0) is 0 Å². The van der Waals surface area contributed by atoms with Crippen LogP contribution in [0.1, 0.15) is 5.69 Å². The van der Waals surface area contributed by atoms with Crippen molar-refractivity contribution in [1.29, 1.82) is 0 Å². The highest BCUT2D eigenvalue weighted by Gasteiger charge is 2.17. The van der Waals surface area contributed by atoms with Crippen LogP contribution in [0.4, 0.5) is 0 Å². The molecule has 4 rings (SSSR count). The Morgan fingerprint density at radius 1 is 0.957 bits per heavy atom. The molecule has 4 aromatic rings. The van der Waals surface area contributed by atoms with Crippen molar-refractivity contribution >= 4 is 10.9 Å². The summed E-state index contributed by atoms with van der Waals surface area (Å²) in [5.74, 6) is 0. The molecule has 0 atom stereocenters. The van der Waals surface area contributed by atoms with Crippen molar-refractivity contribution in [3.63, 3.8) is 0 Å². The molecule has 0 saturated heterocycles. The number of hydrogen-bond acceptors (Lipinski definition) is 2. The third-order valence-corrected chi connectivity index (χ3v) is 3.97. The summed E-state index contributed by atoms with van der Waals surface area (Å²) in [5.41, 5.74) is 4.26. The summed E-state index contributed by atoms with van der Waals surface area (Å²) >= 11 is 0. The number of fused-ring (bicyclic) bond motifs is 1. The first-order valence-corrected chi connectivity index (χ1v) is 7.47. The van der Waals surface area contributed by atoms with Gasteiger partial charge in [0.2, 0.25) is 5.69 Å². The average Bonchev–Trinajstić information content (AvgIpc) is 2.92. The lowest BCUT2D eigenvalue weighted by molar-refractivity contribution is -0.592. The summed E-state index contributed by atoms with van der Waals surface area (Å²) < 4.78 is 2.80. The van der Waals surface area contributed by atoms with Crippen LogP contribution in [0.3, 0.4) is 0 Å². The van der Waals surface area contributed by atoms with E-state index in [-0.39, 0.29) is 0 Å². The van der Waals surface area contributed by atoms with Gasteiger partial charge in [0.15, 0.2) is 6.20 Å². The van der Waals surface area contributed by atoms with Crippen molar-refractivity contribution in [2.24, 2.45) is 0 Å². The second-order valence-electron chi connectivity index (χ2n) is 5.48. The Kier molecular flexibility index (Phi) is 3.08. The predicted octanol–water partition coefficient (Wildman–Crippen LogP) is 3.63. The lowest BCUT2D eigenvalue weighted by Crippen LogP contribution is -2.28. The number of aryl methyl sites for hydroxylation is 1. The number of nitrogens with zero attached hydrogens (tertiary/aromatic N) is 3. The molecule has 0 radical (unpaired) electrons. The smallest absolute Gasteiger partial charge is 0.225 e. The maximum Gasteiger partial charge on any atom is 0.225 e. The van der Waals surface area contributed by atoms with Gasteiger partial charge in [0, 0.05) is 11.6 Å². The largest absolute Gasteiger partial charge is 0.618 e. The first-order valence-electron chi connectivity index (χ1n) is 7.47. The highest BCUT2D eigenvalue weighted by molar-refractivity contribution is 5.84. The van der Waals surface area contributed by atoms with E-state index in [1.54, 1.807) is 6.20 Å². The van der Waals surface area contributed by atoms with Crippen molar-refractivity contribution in [2.45, 2.75) is 6.92 Å². The van der Waals surface area contributed by atoms with Gasteiger partial charge in [-0.3, -0.25) is 0 Å². The molecule has 0 fully saturated rings. The minimum absolute atomic E-state index is 0.621. The molecule has 2 heterocycles. The molecule has 0 N–H and O–H groups in total. The van der Waals surface area contributed by atoms with Gasteiger partial charge in [0.1, 0.15) is 0 Å². The highest BCUT2D eigenvalue weighted by Crippen LogP contribution is 2.24. The van der Waals surface area contributed by atoms with Gasteiger partial charge >= 0.3 is 0 Å². The monoisotopic (exact) mass is 301 g/mol. The van der Waals surface area contributed by atoms with Crippen molar-refractivity contribution in [3.8, 4) is 16.9 Å². The summed E-state index contributed by atoms with van der Waals surface area (Å²) in [6, 6.07) is 21.5. The Hall–Kier alpha value is -3.14. The maximum absolute atomic E-state index is 12.4. The third kappa shape index (κ3) is 2.25. The van der Waals surface area contributed by atoms with E-state index in [1.807, 2.05) is 78.3 Å². The third-order valence-electron chi connectivity index (χ3n) is 3.97. The van der Waals surface area contributed by atoms with Gasteiger partial charge in [0.25, 0.3) is 0 Å². The number of rotatable bonds is 2.